The average molecular weight is 196 g/mol. The van der Waals surface area contributed by atoms with Crippen molar-refractivity contribution in [3.8, 4) is 0 Å². The van der Waals surface area contributed by atoms with E-state index >= 15 is 0 Å². The van der Waals surface area contributed by atoms with E-state index in [9.17, 15) is 4.79 Å². The largest absolute Gasteiger partial charge is 0.352 e. The molecule has 5 nitrogen and oxygen atoms in total. The quantitative estimate of drug-likeness (QED) is 0.749. The summed E-state index contributed by atoms with van der Waals surface area (Å²) in [7, 11) is 0. The molecule has 1 atom stereocenters. The van der Waals surface area contributed by atoms with Crippen LogP contribution in [0.4, 0.5) is 0 Å². The minimum atomic E-state index is -0.0172. The maximum Gasteiger partial charge on any atom is 0.242 e. The molecule has 1 aromatic heterocycles. The SMILES string of the molecule is CCCC(C)NC(=O)Cn1cncn1. The lowest BCUT2D eigenvalue weighted by Crippen LogP contribution is -2.35. The average Bonchev–Trinajstić information content (AvgIpc) is 2.56. The van der Waals surface area contributed by atoms with Gasteiger partial charge in [-0.1, -0.05) is 13.3 Å². The highest BCUT2D eigenvalue weighted by Gasteiger charge is 2.06. The molecule has 78 valence electrons. The van der Waals surface area contributed by atoms with Gasteiger partial charge in [0.2, 0.25) is 5.91 Å². The maximum atomic E-state index is 11.4. The summed E-state index contributed by atoms with van der Waals surface area (Å²) in [5.74, 6) is -0.0172. The van der Waals surface area contributed by atoms with Gasteiger partial charge >= 0.3 is 0 Å². The topological polar surface area (TPSA) is 59.8 Å². The molecule has 1 amide bonds. The minimum Gasteiger partial charge on any atom is -0.352 e. The molecule has 1 aromatic rings. The molecule has 0 radical (unpaired) electrons. The van der Waals surface area contributed by atoms with E-state index in [1.165, 1.54) is 17.3 Å². The Morgan fingerprint density at radius 3 is 3.00 bits per heavy atom. The lowest BCUT2D eigenvalue weighted by molar-refractivity contribution is -0.122. The van der Waals surface area contributed by atoms with Crippen LogP contribution in [-0.2, 0) is 11.3 Å². The van der Waals surface area contributed by atoms with E-state index in [0.29, 0.717) is 0 Å². The second kappa shape index (κ2) is 5.36. The molecule has 0 fully saturated rings. The van der Waals surface area contributed by atoms with Gasteiger partial charge in [0.05, 0.1) is 0 Å². The van der Waals surface area contributed by atoms with Crippen molar-refractivity contribution < 1.29 is 4.79 Å². The fourth-order valence-corrected chi connectivity index (χ4v) is 1.29. The lowest BCUT2D eigenvalue weighted by Gasteiger charge is -2.12. The van der Waals surface area contributed by atoms with E-state index in [2.05, 4.69) is 22.3 Å². The summed E-state index contributed by atoms with van der Waals surface area (Å²) >= 11 is 0. The van der Waals surface area contributed by atoms with Crippen LogP contribution in [0, 0.1) is 0 Å². The van der Waals surface area contributed by atoms with Gasteiger partial charge in [0.25, 0.3) is 0 Å². The van der Waals surface area contributed by atoms with Crippen LogP contribution in [-0.4, -0.2) is 26.7 Å². The second-order valence-electron chi connectivity index (χ2n) is 3.35. The van der Waals surface area contributed by atoms with E-state index in [-0.39, 0.29) is 18.5 Å². The van der Waals surface area contributed by atoms with Gasteiger partial charge in [0, 0.05) is 6.04 Å². The smallest absolute Gasteiger partial charge is 0.242 e. The van der Waals surface area contributed by atoms with E-state index in [4.69, 9.17) is 0 Å². The third-order valence-corrected chi connectivity index (χ3v) is 1.90. The first-order chi connectivity index (χ1) is 6.72. The number of nitrogens with zero attached hydrogens (tertiary/aromatic N) is 3. The van der Waals surface area contributed by atoms with Crippen molar-refractivity contribution in [1.82, 2.24) is 20.1 Å². The number of carbonyl (C=O) groups excluding carboxylic acids is 1. The van der Waals surface area contributed by atoms with Crippen molar-refractivity contribution in [3.05, 3.63) is 12.7 Å². The van der Waals surface area contributed by atoms with Crippen LogP contribution in [0.2, 0.25) is 0 Å². The number of carbonyl (C=O) groups is 1. The first-order valence-corrected chi connectivity index (χ1v) is 4.84. The molecule has 0 bridgehead atoms. The highest BCUT2D eigenvalue weighted by Crippen LogP contribution is 1.94. The summed E-state index contributed by atoms with van der Waals surface area (Å²) in [5, 5.41) is 6.75. The fourth-order valence-electron chi connectivity index (χ4n) is 1.29. The Kier molecular flexibility index (Phi) is 4.10. The Morgan fingerprint density at radius 2 is 2.43 bits per heavy atom. The van der Waals surface area contributed by atoms with Crippen LogP contribution < -0.4 is 5.32 Å². The van der Waals surface area contributed by atoms with Crippen molar-refractivity contribution in [2.45, 2.75) is 39.3 Å². The third kappa shape index (κ3) is 3.55. The van der Waals surface area contributed by atoms with Crippen LogP contribution in [0.5, 0.6) is 0 Å². The Labute approximate surface area is 83.5 Å². The van der Waals surface area contributed by atoms with Crippen LogP contribution in [0.3, 0.4) is 0 Å². The van der Waals surface area contributed by atoms with Crippen molar-refractivity contribution in [1.29, 1.82) is 0 Å². The zero-order chi connectivity index (χ0) is 10.4. The highest BCUT2D eigenvalue weighted by atomic mass is 16.2. The highest BCUT2D eigenvalue weighted by molar-refractivity contribution is 5.75. The van der Waals surface area contributed by atoms with Gasteiger partial charge in [-0.15, -0.1) is 0 Å². The van der Waals surface area contributed by atoms with E-state index in [1.54, 1.807) is 0 Å². The predicted octanol–water partition coefficient (Wildman–Crippen LogP) is 0.583. The summed E-state index contributed by atoms with van der Waals surface area (Å²) < 4.78 is 1.51. The molecule has 5 heteroatoms. The minimum absolute atomic E-state index is 0.0172. The monoisotopic (exact) mass is 196 g/mol. The summed E-state index contributed by atoms with van der Waals surface area (Å²) in [6.45, 7) is 4.34. The molecule has 14 heavy (non-hydrogen) atoms. The van der Waals surface area contributed by atoms with Crippen LogP contribution in [0.15, 0.2) is 12.7 Å². The molecule has 0 aliphatic rings. The summed E-state index contributed by atoms with van der Waals surface area (Å²) in [4.78, 5) is 15.2. The van der Waals surface area contributed by atoms with Gasteiger partial charge in [-0.2, -0.15) is 5.10 Å². The summed E-state index contributed by atoms with van der Waals surface area (Å²) in [6.07, 6.45) is 5.03. The second-order valence-corrected chi connectivity index (χ2v) is 3.35. The van der Waals surface area contributed by atoms with Gasteiger partial charge in [0.1, 0.15) is 19.2 Å². The molecule has 0 saturated carbocycles. The number of hydrogen-bond donors (Lipinski definition) is 1. The number of hydrogen-bond acceptors (Lipinski definition) is 3. The molecule has 1 rings (SSSR count). The molecular formula is C9H16N4O. The van der Waals surface area contributed by atoms with Crippen LogP contribution >= 0.6 is 0 Å². The van der Waals surface area contributed by atoms with Crippen LogP contribution in [0.25, 0.3) is 0 Å². The normalized spacial score (nSPS) is 12.4. The van der Waals surface area contributed by atoms with Gasteiger partial charge in [-0.3, -0.25) is 4.79 Å². The van der Waals surface area contributed by atoms with Gasteiger partial charge in [-0.05, 0) is 13.3 Å². The Bertz CT molecular complexity index is 270. The Balaban J connectivity index is 2.29. The first-order valence-electron chi connectivity index (χ1n) is 4.84. The van der Waals surface area contributed by atoms with Crippen LogP contribution in [0.1, 0.15) is 26.7 Å². The Morgan fingerprint density at radius 1 is 1.64 bits per heavy atom. The molecule has 1 heterocycles. The van der Waals surface area contributed by atoms with Crippen molar-refractivity contribution >= 4 is 5.91 Å². The zero-order valence-electron chi connectivity index (χ0n) is 8.60. The third-order valence-electron chi connectivity index (χ3n) is 1.90. The molecule has 0 aromatic carbocycles. The van der Waals surface area contributed by atoms with Gasteiger partial charge < -0.3 is 5.32 Å². The summed E-state index contributed by atoms with van der Waals surface area (Å²) in [6, 6.07) is 0.232. The van der Waals surface area contributed by atoms with Crippen molar-refractivity contribution in [2.24, 2.45) is 0 Å². The first kappa shape index (κ1) is 10.7. The zero-order valence-corrected chi connectivity index (χ0v) is 8.60. The van der Waals surface area contributed by atoms with Crippen molar-refractivity contribution in [2.75, 3.05) is 0 Å². The summed E-state index contributed by atoms with van der Waals surface area (Å²) in [5.41, 5.74) is 0. The molecular weight excluding hydrogens is 180 g/mol. The molecule has 1 unspecified atom stereocenters. The van der Waals surface area contributed by atoms with Gasteiger partial charge in [-0.25, -0.2) is 9.67 Å². The molecule has 1 N–H and O–H groups in total. The van der Waals surface area contributed by atoms with Gasteiger partial charge in [0.15, 0.2) is 0 Å². The number of nitrogens with one attached hydrogen (secondary N) is 1. The maximum absolute atomic E-state index is 11.4. The number of rotatable bonds is 5. The molecule has 0 aliphatic carbocycles. The molecule has 0 aliphatic heterocycles. The lowest BCUT2D eigenvalue weighted by atomic mass is 10.2. The van der Waals surface area contributed by atoms with E-state index in [1.807, 2.05) is 6.92 Å². The van der Waals surface area contributed by atoms with Crippen molar-refractivity contribution in [3.63, 3.8) is 0 Å². The van der Waals surface area contributed by atoms with E-state index < -0.39 is 0 Å². The standard InChI is InChI=1S/C9H16N4O/c1-3-4-8(2)12-9(14)5-13-7-10-6-11-13/h6-8H,3-5H2,1-2H3,(H,12,14). The molecule has 0 saturated heterocycles. The number of amides is 1. The fraction of sp³-hybridized carbons (Fsp3) is 0.667. The van der Waals surface area contributed by atoms with E-state index in [0.717, 1.165) is 12.8 Å². The predicted molar refractivity (Wildman–Crippen MR) is 52.5 cm³/mol. The molecule has 0 spiro atoms. The number of aromatic nitrogens is 3. The Hall–Kier alpha value is -1.39.